The predicted molar refractivity (Wildman–Crippen MR) is 66.2 cm³/mol. The van der Waals surface area contributed by atoms with Crippen molar-refractivity contribution in [3.8, 4) is 0 Å². The third kappa shape index (κ3) is 1.60. The highest BCUT2D eigenvalue weighted by Crippen LogP contribution is 2.29. The maximum atomic E-state index is 3.56. The third-order valence-electron chi connectivity index (χ3n) is 3.19. The third-order valence-corrected chi connectivity index (χ3v) is 3.84. The van der Waals surface area contributed by atoms with Gasteiger partial charge in [-0.1, -0.05) is 6.07 Å². The summed E-state index contributed by atoms with van der Waals surface area (Å²) >= 11 is 3.56. The summed E-state index contributed by atoms with van der Waals surface area (Å²) in [6.07, 6.45) is 3.26. The van der Waals surface area contributed by atoms with Crippen LogP contribution in [0.3, 0.4) is 0 Å². The van der Waals surface area contributed by atoms with Gasteiger partial charge in [-0.05, 0) is 52.5 Å². The van der Waals surface area contributed by atoms with Gasteiger partial charge in [-0.2, -0.15) is 0 Å². The van der Waals surface area contributed by atoms with Crippen molar-refractivity contribution in [2.45, 2.75) is 12.3 Å². The monoisotopic (exact) mass is 264 g/mol. The largest absolute Gasteiger partial charge is 0.360 e. The van der Waals surface area contributed by atoms with Gasteiger partial charge in [0, 0.05) is 28.1 Å². The molecule has 2 nitrogen and oxygen atoms in total. The molecule has 2 heterocycles. The first-order valence-electron chi connectivity index (χ1n) is 5.32. The minimum atomic E-state index is 0.691. The molecule has 1 atom stereocenters. The average molecular weight is 265 g/mol. The van der Waals surface area contributed by atoms with Crippen LogP contribution in [-0.4, -0.2) is 18.1 Å². The van der Waals surface area contributed by atoms with Crippen molar-refractivity contribution in [3.05, 3.63) is 34.4 Å². The van der Waals surface area contributed by atoms with Crippen molar-refractivity contribution in [3.63, 3.8) is 0 Å². The van der Waals surface area contributed by atoms with Crippen molar-refractivity contribution < 1.29 is 0 Å². The van der Waals surface area contributed by atoms with E-state index in [1.54, 1.807) is 0 Å². The van der Waals surface area contributed by atoms with Gasteiger partial charge in [-0.25, -0.2) is 0 Å². The Labute approximate surface area is 97.2 Å². The maximum Gasteiger partial charge on any atom is 0.0465 e. The summed E-state index contributed by atoms with van der Waals surface area (Å²) in [6, 6.07) is 6.71. The molecular formula is C12H13BrN2. The molecule has 1 aromatic heterocycles. The predicted octanol–water partition coefficient (Wildman–Crippen LogP) is 3.01. The second-order valence-electron chi connectivity index (χ2n) is 4.13. The van der Waals surface area contributed by atoms with E-state index in [4.69, 9.17) is 0 Å². The zero-order valence-corrected chi connectivity index (χ0v) is 9.97. The van der Waals surface area contributed by atoms with Gasteiger partial charge in [0.05, 0.1) is 0 Å². The van der Waals surface area contributed by atoms with Gasteiger partial charge in [0.2, 0.25) is 0 Å². The van der Waals surface area contributed by atoms with Crippen LogP contribution in [0.25, 0.3) is 10.9 Å². The van der Waals surface area contributed by atoms with Crippen LogP contribution in [0.15, 0.2) is 28.9 Å². The number of H-pyrrole nitrogens is 1. The first-order chi connectivity index (χ1) is 7.34. The lowest BCUT2D eigenvalue weighted by Gasteiger charge is -2.08. The molecule has 0 amide bonds. The normalized spacial score (nSPS) is 21.3. The summed E-state index contributed by atoms with van der Waals surface area (Å²) in [6.45, 7) is 2.27. The lowest BCUT2D eigenvalue weighted by Crippen LogP contribution is -2.07. The standard InChI is InChI=1S/C12H13BrN2/c13-11-7-15-12-2-1-8(5-10(11)12)9-3-4-14-6-9/h1-2,5,7,9,14-15H,3-4,6H2. The second kappa shape index (κ2) is 3.65. The molecule has 3 heteroatoms. The van der Waals surface area contributed by atoms with Crippen LogP contribution in [0.5, 0.6) is 0 Å². The molecule has 1 unspecified atom stereocenters. The zero-order valence-electron chi connectivity index (χ0n) is 8.39. The van der Waals surface area contributed by atoms with E-state index >= 15 is 0 Å². The molecule has 3 rings (SSSR count). The van der Waals surface area contributed by atoms with Gasteiger partial charge in [-0.15, -0.1) is 0 Å². The van der Waals surface area contributed by atoms with Gasteiger partial charge < -0.3 is 10.3 Å². The highest BCUT2D eigenvalue weighted by Gasteiger charge is 2.17. The summed E-state index contributed by atoms with van der Waals surface area (Å²) in [7, 11) is 0. The Balaban J connectivity index is 2.08. The van der Waals surface area contributed by atoms with E-state index in [1.165, 1.54) is 22.9 Å². The average Bonchev–Trinajstić information content (AvgIpc) is 2.88. The molecule has 0 bridgehead atoms. The SMILES string of the molecule is Brc1c[nH]c2ccc(C3CCNC3)cc12. The lowest BCUT2D eigenvalue weighted by molar-refractivity contribution is 0.764. The molecule has 1 fully saturated rings. The smallest absolute Gasteiger partial charge is 0.0465 e. The van der Waals surface area contributed by atoms with Gasteiger partial charge in [0.1, 0.15) is 0 Å². The molecule has 1 aliphatic heterocycles. The number of aromatic nitrogens is 1. The fourth-order valence-corrected chi connectivity index (χ4v) is 2.74. The molecule has 1 saturated heterocycles. The number of aromatic amines is 1. The Morgan fingerprint density at radius 3 is 3.07 bits per heavy atom. The van der Waals surface area contributed by atoms with E-state index in [0.717, 1.165) is 17.6 Å². The summed E-state index contributed by atoms with van der Waals surface area (Å²) in [5.41, 5.74) is 2.66. The van der Waals surface area contributed by atoms with E-state index < -0.39 is 0 Å². The highest BCUT2D eigenvalue weighted by molar-refractivity contribution is 9.10. The molecule has 2 aromatic rings. The van der Waals surface area contributed by atoms with Gasteiger partial charge in [-0.3, -0.25) is 0 Å². The van der Waals surface area contributed by atoms with Gasteiger partial charge >= 0.3 is 0 Å². The van der Waals surface area contributed by atoms with Crippen LogP contribution in [0.1, 0.15) is 17.9 Å². The van der Waals surface area contributed by atoms with Gasteiger partial charge in [0.25, 0.3) is 0 Å². The van der Waals surface area contributed by atoms with E-state index in [1.807, 2.05) is 6.20 Å². The molecule has 78 valence electrons. The van der Waals surface area contributed by atoms with Crippen LogP contribution in [0.4, 0.5) is 0 Å². The van der Waals surface area contributed by atoms with E-state index in [0.29, 0.717) is 5.92 Å². The molecule has 0 spiro atoms. The number of hydrogen-bond acceptors (Lipinski definition) is 1. The summed E-state index contributed by atoms with van der Waals surface area (Å²) in [5.74, 6) is 0.691. The first-order valence-corrected chi connectivity index (χ1v) is 6.11. The Morgan fingerprint density at radius 1 is 1.33 bits per heavy atom. The molecule has 0 aliphatic carbocycles. The molecule has 1 aliphatic rings. The van der Waals surface area contributed by atoms with E-state index in [-0.39, 0.29) is 0 Å². The Hall–Kier alpha value is -0.800. The number of fused-ring (bicyclic) bond motifs is 1. The fraction of sp³-hybridized carbons (Fsp3) is 0.333. The molecule has 2 N–H and O–H groups in total. The van der Waals surface area contributed by atoms with Crippen LogP contribution in [0, 0.1) is 0 Å². The molecular weight excluding hydrogens is 252 g/mol. The topological polar surface area (TPSA) is 27.8 Å². The van der Waals surface area contributed by atoms with Crippen molar-refractivity contribution >= 4 is 26.8 Å². The second-order valence-corrected chi connectivity index (χ2v) is 4.99. The highest BCUT2D eigenvalue weighted by atomic mass is 79.9. The molecule has 1 aromatic carbocycles. The summed E-state index contributed by atoms with van der Waals surface area (Å²) < 4.78 is 1.16. The summed E-state index contributed by atoms with van der Waals surface area (Å²) in [5, 5.41) is 4.70. The number of halogens is 1. The maximum absolute atomic E-state index is 3.56. The van der Waals surface area contributed by atoms with Crippen LogP contribution in [0.2, 0.25) is 0 Å². The first kappa shape index (κ1) is 9.43. The summed E-state index contributed by atoms with van der Waals surface area (Å²) in [4.78, 5) is 3.24. The fourth-order valence-electron chi connectivity index (χ4n) is 2.30. The Kier molecular flexibility index (Phi) is 2.29. The van der Waals surface area contributed by atoms with Crippen LogP contribution < -0.4 is 5.32 Å². The van der Waals surface area contributed by atoms with Crippen molar-refractivity contribution in [1.29, 1.82) is 0 Å². The molecule has 0 radical (unpaired) electrons. The number of benzene rings is 1. The van der Waals surface area contributed by atoms with Crippen molar-refractivity contribution in [1.82, 2.24) is 10.3 Å². The van der Waals surface area contributed by atoms with Crippen LogP contribution >= 0.6 is 15.9 Å². The molecule has 15 heavy (non-hydrogen) atoms. The number of nitrogens with one attached hydrogen (secondary N) is 2. The quantitative estimate of drug-likeness (QED) is 0.815. The minimum Gasteiger partial charge on any atom is -0.360 e. The Bertz CT molecular complexity index is 483. The number of rotatable bonds is 1. The van der Waals surface area contributed by atoms with E-state index in [9.17, 15) is 0 Å². The minimum absolute atomic E-state index is 0.691. The van der Waals surface area contributed by atoms with Crippen molar-refractivity contribution in [2.75, 3.05) is 13.1 Å². The molecule has 0 saturated carbocycles. The number of hydrogen-bond donors (Lipinski definition) is 2. The lowest BCUT2D eigenvalue weighted by atomic mass is 9.97. The van der Waals surface area contributed by atoms with Gasteiger partial charge in [0.15, 0.2) is 0 Å². The zero-order chi connectivity index (χ0) is 10.3. The van der Waals surface area contributed by atoms with Crippen LogP contribution in [-0.2, 0) is 0 Å². The van der Waals surface area contributed by atoms with Crippen molar-refractivity contribution in [2.24, 2.45) is 0 Å². The van der Waals surface area contributed by atoms with E-state index in [2.05, 4.69) is 44.4 Å². The Morgan fingerprint density at radius 2 is 2.27 bits per heavy atom.